The fourth-order valence-corrected chi connectivity index (χ4v) is 6.09. The molecule has 4 rings (SSSR count). The molecule has 3 aromatic rings. The number of aromatic nitrogens is 2. The molecular formula is C23H28N2O5S2. The number of nitrogens with zero attached hydrogens (tertiary/aromatic N) is 2. The number of rotatable bonds is 6. The van der Waals surface area contributed by atoms with Crippen LogP contribution in [0.15, 0.2) is 34.8 Å². The van der Waals surface area contributed by atoms with Gasteiger partial charge in [-0.3, -0.25) is 0 Å². The topological polar surface area (TPSA) is 87.5 Å². The first-order valence-corrected chi connectivity index (χ1v) is 13.4. The van der Waals surface area contributed by atoms with Crippen molar-refractivity contribution in [3.8, 4) is 0 Å². The number of ether oxygens (including phenoxy) is 2. The van der Waals surface area contributed by atoms with Gasteiger partial charge in [-0.25, -0.2) is 18.2 Å². The summed E-state index contributed by atoms with van der Waals surface area (Å²) in [6.07, 6.45) is 4.61. The molecule has 0 radical (unpaired) electrons. The number of sulfone groups is 1. The van der Waals surface area contributed by atoms with Crippen LogP contribution >= 0.6 is 11.3 Å². The van der Waals surface area contributed by atoms with Gasteiger partial charge < -0.3 is 14.0 Å². The third-order valence-corrected chi connectivity index (χ3v) is 8.42. The molecule has 7 nitrogen and oxygen atoms in total. The molecule has 0 N–H and O–H groups in total. The second-order valence-corrected chi connectivity index (χ2v) is 12.1. The minimum absolute atomic E-state index is 0.0751. The van der Waals surface area contributed by atoms with Gasteiger partial charge in [0.05, 0.1) is 18.8 Å². The highest BCUT2D eigenvalue weighted by molar-refractivity contribution is 7.92. The molecule has 1 saturated heterocycles. The molecule has 1 unspecified atom stereocenters. The SMILES string of the molecule is CCOC(=O)c1cc2cc(C3CCOC(C)(C)C3)ccc2n1Cc1cnc(S(C)(=O)=O)s1. The number of benzene rings is 1. The number of esters is 1. The number of carbonyl (C=O) groups excluding carboxylic acids is 1. The van der Waals surface area contributed by atoms with Crippen molar-refractivity contribution >= 4 is 38.0 Å². The minimum atomic E-state index is -3.37. The molecule has 2 aromatic heterocycles. The van der Waals surface area contributed by atoms with Gasteiger partial charge in [-0.1, -0.05) is 6.07 Å². The average Bonchev–Trinajstić information content (AvgIpc) is 3.32. The molecule has 0 bridgehead atoms. The molecule has 0 aliphatic carbocycles. The summed E-state index contributed by atoms with van der Waals surface area (Å²) in [5.74, 6) is 0.00154. The fraction of sp³-hybridized carbons (Fsp3) is 0.478. The van der Waals surface area contributed by atoms with Crippen molar-refractivity contribution in [1.82, 2.24) is 9.55 Å². The van der Waals surface area contributed by atoms with Gasteiger partial charge in [0.25, 0.3) is 0 Å². The van der Waals surface area contributed by atoms with Gasteiger partial charge in [-0.2, -0.15) is 0 Å². The maximum atomic E-state index is 12.7. The van der Waals surface area contributed by atoms with E-state index in [0.717, 1.165) is 52.8 Å². The molecule has 32 heavy (non-hydrogen) atoms. The molecule has 172 valence electrons. The van der Waals surface area contributed by atoms with Crippen LogP contribution < -0.4 is 0 Å². The van der Waals surface area contributed by atoms with E-state index < -0.39 is 15.8 Å². The predicted octanol–water partition coefficient (Wildman–Crippen LogP) is 4.40. The third kappa shape index (κ3) is 4.74. The van der Waals surface area contributed by atoms with E-state index >= 15 is 0 Å². The predicted molar refractivity (Wildman–Crippen MR) is 124 cm³/mol. The third-order valence-electron chi connectivity index (χ3n) is 5.74. The standard InChI is InChI=1S/C23H28N2O5S2/c1-5-29-21(26)20-11-17-10-15(16-8-9-30-23(2,3)12-16)6-7-19(17)25(20)14-18-13-24-22(31-18)32(4,27)28/h6-7,10-11,13,16H,5,8-9,12,14H2,1-4H3. The fourth-order valence-electron chi connectivity index (χ4n) is 4.29. The Morgan fingerprint density at radius 2 is 2.12 bits per heavy atom. The maximum Gasteiger partial charge on any atom is 0.354 e. The molecule has 1 atom stereocenters. The molecule has 0 spiro atoms. The van der Waals surface area contributed by atoms with Crippen molar-refractivity contribution in [2.24, 2.45) is 0 Å². The quantitative estimate of drug-likeness (QED) is 0.490. The number of thiazole rings is 1. The van der Waals surface area contributed by atoms with Gasteiger partial charge in [0.1, 0.15) is 5.69 Å². The van der Waals surface area contributed by atoms with Crippen molar-refractivity contribution in [2.45, 2.75) is 56.0 Å². The summed E-state index contributed by atoms with van der Waals surface area (Å²) in [4.78, 5) is 17.5. The Balaban J connectivity index is 1.73. The molecule has 9 heteroatoms. The van der Waals surface area contributed by atoms with E-state index in [1.807, 2.05) is 16.7 Å². The number of fused-ring (bicyclic) bond motifs is 1. The summed E-state index contributed by atoms with van der Waals surface area (Å²) < 4.78 is 36.7. The first-order valence-electron chi connectivity index (χ1n) is 10.7. The van der Waals surface area contributed by atoms with E-state index in [9.17, 15) is 13.2 Å². The largest absolute Gasteiger partial charge is 0.461 e. The Bertz CT molecular complexity index is 1260. The molecule has 3 heterocycles. The lowest BCUT2D eigenvalue weighted by Gasteiger charge is -2.35. The highest BCUT2D eigenvalue weighted by atomic mass is 32.2. The molecule has 1 aliphatic rings. The molecule has 1 aromatic carbocycles. The molecule has 1 fully saturated rings. The summed E-state index contributed by atoms with van der Waals surface area (Å²) in [6, 6.07) is 8.16. The summed E-state index contributed by atoms with van der Waals surface area (Å²) in [5.41, 5.74) is 2.43. The summed E-state index contributed by atoms with van der Waals surface area (Å²) in [6.45, 7) is 7.37. The van der Waals surface area contributed by atoms with Crippen LogP contribution in [-0.2, 0) is 25.9 Å². The van der Waals surface area contributed by atoms with E-state index in [0.29, 0.717) is 18.2 Å². The zero-order valence-corrected chi connectivity index (χ0v) is 20.4. The van der Waals surface area contributed by atoms with Crippen molar-refractivity contribution in [2.75, 3.05) is 19.5 Å². The van der Waals surface area contributed by atoms with Crippen LogP contribution in [0.25, 0.3) is 10.9 Å². The maximum absolute atomic E-state index is 12.7. The average molecular weight is 477 g/mol. The van der Waals surface area contributed by atoms with Crippen LogP contribution in [0.1, 0.15) is 60.5 Å². The van der Waals surface area contributed by atoms with Gasteiger partial charge in [0.2, 0.25) is 14.2 Å². The van der Waals surface area contributed by atoms with Gasteiger partial charge in [-0.05, 0) is 63.3 Å². The highest BCUT2D eigenvalue weighted by Crippen LogP contribution is 2.37. The lowest BCUT2D eigenvalue weighted by atomic mass is 9.83. The van der Waals surface area contributed by atoms with Gasteiger partial charge in [-0.15, -0.1) is 11.3 Å². The zero-order valence-electron chi connectivity index (χ0n) is 18.8. The smallest absolute Gasteiger partial charge is 0.354 e. The monoisotopic (exact) mass is 476 g/mol. The Morgan fingerprint density at radius 1 is 1.34 bits per heavy atom. The van der Waals surface area contributed by atoms with E-state index in [1.54, 1.807) is 13.1 Å². The van der Waals surface area contributed by atoms with Crippen LogP contribution in [0.2, 0.25) is 0 Å². The van der Waals surface area contributed by atoms with Crippen molar-refractivity contribution in [1.29, 1.82) is 0 Å². The second-order valence-electron chi connectivity index (χ2n) is 8.82. The van der Waals surface area contributed by atoms with Gasteiger partial charge in [0.15, 0.2) is 0 Å². The first kappa shape index (κ1) is 22.9. The molecule has 0 amide bonds. The van der Waals surface area contributed by atoms with Crippen LogP contribution in [0.5, 0.6) is 0 Å². The van der Waals surface area contributed by atoms with E-state index in [-0.39, 0.29) is 16.5 Å². The van der Waals surface area contributed by atoms with Gasteiger partial charge >= 0.3 is 5.97 Å². The van der Waals surface area contributed by atoms with Gasteiger partial charge in [0, 0.05) is 34.8 Å². The van der Waals surface area contributed by atoms with Crippen molar-refractivity contribution in [3.63, 3.8) is 0 Å². The Kier molecular flexibility index (Phi) is 6.17. The van der Waals surface area contributed by atoms with E-state index in [2.05, 4.69) is 31.0 Å². The Morgan fingerprint density at radius 3 is 2.78 bits per heavy atom. The zero-order chi connectivity index (χ0) is 23.1. The number of hydrogen-bond donors (Lipinski definition) is 0. The normalized spacial score (nSPS) is 18.7. The summed E-state index contributed by atoms with van der Waals surface area (Å²) in [5, 5.41) is 0.961. The minimum Gasteiger partial charge on any atom is -0.461 e. The summed E-state index contributed by atoms with van der Waals surface area (Å²) in [7, 11) is -3.37. The molecule has 0 saturated carbocycles. The second kappa shape index (κ2) is 8.61. The molecule has 1 aliphatic heterocycles. The lowest BCUT2D eigenvalue weighted by molar-refractivity contribution is -0.0592. The lowest BCUT2D eigenvalue weighted by Crippen LogP contribution is -2.32. The van der Waals surface area contributed by atoms with Crippen LogP contribution in [0.4, 0.5) is 0 Å². The van der Waals surface area contributed by atoms with Crippen LogP contribution in [0, 0.1) is 0 Å². The highest BCUT2D eigenvalue weighted by Gasteiger charge is 2.30. The number of carbonyl (C=O) groups is 1. The summed E-state index contributed by atoms with van der Waals surface area (Å²) >= 11 is 1.12. The van der Waals surface area contributed by atoms with Crippen molar-refractivity contribution < 1.29 is 22.7 Å². The van der Waals surface area contributed by atoms with E-state index in [4.69, 9.17) is 9.47 Å². The van der Waals surface area contributed by atoms with Crippen LogP contribution in [0.3, 0.4) is 0 Å². The Labute approximate surface area is 192 Å². The van der Waals surface area contributed by atoms with E-state index in [1.165, 1.54) is 5.56 Å². The first-order chi connectivity index (χ1) is 15.1. The molecular weight excluding hydrogens is 448 g/mol. The van der Waals surface area contributed by atoms with Crippen LogP contribution in [-0.4, -0.2) is 49.0 Å². The number of hydrogen-bond acceptors (Lipinski definition) is 7. The van der Waals surface area contributed by atoms with Crippen molar-refractivity contribution in [3.05, 3.63) is 46.6 Å². The Hall–Kier alpha value is -2.23.